The lowest BCUT2D eigenvalue weighted by Gasteiger charge is -2.15. The van der Waals surface area contributed by atoms with Crippen LogP contribution in [-0.4, -0.2) is 10.6 Å². The zero-order chi connectivity index (χ0) is 13.4. The van der Waals surface area contributed by atoms with Gasteiger partial charge in [0.2, 0.25) is 0 Å². The minimum absolute atomic E-state index is 0.484. The van der Waals surface area contributed by atoms with E-state index in [0.717, 1.165) is 12.6 Å². The quantitative estimate of drug-likeness (QED) is 0.865. The first kappa shape index (κ1) is 12.7. The third kappa shape index (κ3) is 2.53. The van der Waals surface area contributed by atoms with Gasteiger partial charge in [-0.25, -0.2) is 0 Å². The van der Waals surface area contributed by atoms with Crippen molar-refractivity contribution in [3.05, 3.63) is 35.5 Å². The average Bonchev–Trinajstić information content (AvgIpc) is 3.15. The Labute approximate surface area is 114 Å². The zero-order valence-corrected chi connectivity index (χ0v) is 11.8. The molecule has 3 N–H and O–H groups in total. The molecule has 1 aromatic carbocycles. The number of nitrogens with two attached hydrogens (primary N) is 1. The lowest BCUT2D eigenvalue weighted by atomic mass is 10.1. The standard InChI is InChI=1S/C16H23N3/c1-11(2)19-15(10-18-14-4-5-14)8-13-7-12(9-17)3-6-16(13)19/h3,6-8,11,14,18H,4-5,9-10,17H2,1-2H3. The molecule has 0 bridgehead atoms. The lowest BCUT2D eigenvalue weighted by Crippen LogP contribution is -2.18. The van der Waals surface area contributed by atoms with Gasteiger partial charge in [-0.05, 0) is 50.5 Å². The molecule has 0 unspecified atom stereocenters. The van der Waals surface area contributed by atoms with Crippen LogP contribution in [0, 0.1) is 0 Å². The van der Waals surface area contributed by atoms with Gasteiger partial charge in [0.1, 0.15) is 0 Å². The molecular weight excluding hydrogens is 234 g/mol. The summed E-state index contributed by atoms with van der Waals surface area (Å²) in [5.74, 6) is 0. The number of hydrogen-bond acceptors (Lipinski definition) is 2. The summed E-state index contributed by atoms with van der Waals surface area (Å²) in [4.78, 5) is 0. The van der Waals surface area contributed by atoms with Crippen molar-refractivity contribution in [1.29, 1.82) is 0 Å². The molecule has 1 aliphatic rings. The normalized spacial score (nSPS) is 15.6. The monoisotopic (exact) mass is 257 g/mol. The number of fused-ring (bicyclic) bond motifs is 1. The molecule has 0 amide bonds. The fraction of sp³-hybridized carbons (Fsp3) is 0.500. The Morgan fingerprint density at radius 1 is 1.32 bits per heavy atom. The summed E-state index contributed by atoms with van der Waals surface area (Å²) in [6.45, 7) is 6.07. The van der Waals surface area contributed by atoms with Crippen molar-refractivity contribution in [2.45, 2.75) is 51.9 Å². The number of benzene rings is 1. The van der Waals surface area contributed by atoms with E-state index < -0.39 is 0 Å². The van der Waals surface area contributed by atoms with Crippen LogP contribution in [0.5, 0.6) is 0 Å². The van der Waals surface area contributed by atoms with Crippen molar-refractivity contribution >= 4 is 10.9 Å². The van der Waals surface area contributed by atoms with E-state index in [4.69, 9.17) is 5.73 Å². The molecule has 1 fully saturated rings. The van der Waals surface area contributed by atoms with E-state index >= 15 is 0 Å². The Balaban J connectivity index is 2.00. The summed E-state index contributed by atoms with van der Waals surface area (Å²) in [6, 6.07) is 10.1. The summed E-state index contributed by atoms with van der Waals surface area (Å²) in [7, 11) is 0. The highest BCUT2D eigenvalue weighted by atomic mass is 15.1. The third-order valence-corrected chi connectivity index (χ3v) is 3.88. The number of aromatic nitrogens is 1. The first-order chi connectivity index (χ1) is 9.19. The van der Waals surface area contributed by atoms with Crippen molar-refractivity contribution in [3.8, 4) is 0 Å². The summed E-state index contributed by atoms with van der Waals surface area (Å²) in [5.41, 5.74) is 9.64. The van der Waals surface area contributed by atoms with Crippen LogP contribution in [-0.2, 0) is 13.1 Å². The molecule has 2 aromatic rings. The predicted molar refractivity (Wildman–Crippen MR) is 80.1 cm³/mol. The molecule has 1 saturated carbocycles. The number of rotatable bonds is 5. The molecule has 102 valence electrons. The van der Waals surface area contributed by atoms with Crippen molar-refractivity contribution in [1.82, 2.24) is 9.88 Å². The second kappa shape index (κ2) is 4.99. The van der Waals surface area contributed by atoms with E-state index in [-0.39, 0.29) is 0 Å². The van der Waals surface area contributed by atoms with E-state index in [9.17, 15) is 0 Å². The van der Waals surface area contributed by atoms with Crippen LogP contribution >= 0.6 is 0 Å². The molecule has 0 atom stereocenters. The van der Waals surface area contributed by atoms with E-state index in [0.29, 0.717) is 12.6 Å². The van der Waals surface area contributed by atoms with Gasteiger partial charge in [-0.15, -0.1) is 0 Å². The third-order valence-electron chi connectivity index (χ3n) is 3.88. The van der Waals surface area contributed by atoms with E-state index in [1.54, 1.807) is 0 Å². The summed E-state index contributed by atoms with van der Waals surface area (Å²) >= 11 is 0. The fourth-order valence-corrected chi connectivity index (χ4v) is 2.75. The fourth-order valence-electron chi connectivity index (χ4n) is 2.75. The highest BCUT2D eigenvalue weighted by Crippen LogP contribution is 2.26. The van der Waals surface area contributed by atoms with E-state index in [1.807, 2.05) is 0 Å². The van der Waals surface area contributed by atoms with Crippen molar-refractivity contribution in [2.75, 3.05) is 0 Å². The largest absolute Gasteiger partial charge is 0.341 e. The molecule has 1 aliphatic carbocycles. The number of nitrogens with one attached hydrogen (secondary N) is 1. The van der Waals surface area contributed by atoms with Crippen LogP contribution in [0.1, 0.15) is 44.0 Å². The Kier molecular flexibility index (Phi) is 3.33. The van der Waals surface area contributed by atoms with Crippen LogP contribution in [0.2, 0.25) is 0 Å². The van der Waals surface area contributed by atoms with Gasteiger partial charge in [-0.2, -0.15) is 0 Å². The first-order valence-corrected chi connectivity index (χ1v) is 7.25. The van der Waals surface area contributed by atoms with Gasteiger partial charge in [-0.1, -0.05) is 6.07 Å². The molecule has 3 heteroatoms. The van der Waals surface area contributed by atoms with Crippen LogP contribution in [0.25, 0.3) is 10.9 Å². The van der Waals surface area contributed by atoms with Gasteiger partial charge < -0.3 is 15.6 Å². The Hall–Kier alpha value is -1.32. The van der Waals surface area contributed by atoms with Gasteiger partial charge in [0.25, 0.3) is 0 Å². The van der Waals surface area contributed by atoms with Crippen LogP contribution in [0.15, 0.2) is 24.3 Å². The molecule has 3 rings (SSSR count). The van der Waals surface area contributed by atoms with Crippen molar-refractivity contribution < 1.29 is 0 Å². The minimum atomic E-state index is 0.484. The molecule has 19 heavy (non-hydrogen) atoms. The van der Waals surface area contributed by atoms with Gasteiger partial charge in [0, 0.05) is 41.8 Å². The molecule has 0 radical (unpaired) electrons. The van der Waals surface area contributed by atoms with E-state index in [1.165, 1.54) is 35.0 Å². The first-order valence-electron chi connectivity index (χ1n) is 7.25. The maximum atomic E-state index is 5.73. The van der Waals surface area contributed by atoms with Gasteiger partial charge in [0.15, 0.2) is 0 Å². The molecular formula is C16H23N3. The molecule has 0 spiro atoms. The van der Waals surface area contributed by atoms with Gasteiger partial charge in [-0.3, -0.25) is 0 Å². The second-order valence-corrected chi connectivity index (χ2v) is 5.85. The van der Waals surface area contributed by atoms with Crippen molar-refractivity contribution in [2.24, 2.45) is 5.73 Å². The van der Waals surface area contributed by atoms with Crippen molar-refractivity contribution in [3.63, 3.8) is 0 Å². The molecule has 1 heterocycles. The highest BCUT2D eigenvalue weighted by Gasteiger charge is 2.21. The smallest absolute Gasteiger partial charge is 0.0485 e. The number of hydrogen-bond donors (Lipinski definition) is 2. The van der Waals surface area contributed by atoms with Crippen LogP contribution < -0.4 is 11.1 Å². The summed E-state index contributed by atoms with van der Waals surface area (Å²) < 4.78 is 2.44. The maximum absolute atomic E-state index is 5.73. The minimum Gasteiger partial charge on any atom is -0.341 e. The SMILES string of the molecule is CC(C)n1c(CNC2CC2)cc2cc(CN)ccc21. The highest BCUT2D eigenvalue weighted by molar-refractivity contribution is 5.82. The molecule has 3 nitrogen and oxygen atoms in total. The summed E-state index contributed by atoms with van der Waals surface area (Å²) in [5, 5.41) is 4.92. The molecule has 0 aliphatic heterocycles. The van der Waals surface area contributed by atoms with Crippen LogP contribution in [0.3, 0.4) is 0 Å². The number of nitrogens with zero attached hydrogens (tertiary/aromatic N) is 1. The Morgan fingerprint density at radius 3 is 2.74 bits per heavy atom. The van der Waals surface area contributed by atoms with Gasteiger partial charge >= 0.3 is 0 Å². The second-order valence-electron chi connectivity index (χ2n) is 5.85. The van der Waals surface area contributed by atoms with Crippen LogP contribution in [0.4, 0.5) is 0 Å². The zero-order valence-electron chi connectivity index (χ0n) is 11.8. The molecule has 1 aromatic heterocycles. The van der Waals surface area contributed by atoms with E-state index in [2.05, 4.69) is 48.0 Å². The Bertz CT molecular complexity index is 579. The average molecular weight is 257 g/mol. The Morgan fingerprint density at radius 2 is 2.11 bits per heavy atom. The molecule has 0 saturated heterocycles. The topological polar surface area (TPSA) is 43.0 Å². The lowest BCUT2D eigenvalue weighted by molar-refractivity contribution is 0.565. The van der Waals surface area contributed by atoms with Gasteiger partial charge in [0.05, 0.1) is 0 Å². The predicted octanol–water partition coefficient (Wildman–Crippen LogP) is 2.93. The maximum Gasteiger partial charge on any atom is 0.0485 e. The summed E-state index contributed by atoms with van der Waals surface area (Å²) in [6.07, 6.45) is 2.67.